The summed E-state index contributed by atoms with van der Waals surface area (Å²) in [6.45, 7) is 2.81. The summed E-state index contributed by atoms with van der Waals surface area (Å²) in [6.07, 6.45) is 2.50. The van der Waals surface area contributed by atoms with E-state index >= 15 is 0 Å². The molecule has 1 aromatic carbocycles. The second kappa shape index (κ2) is 4.07. The van der Waals surface area contributed by atoms with E-state index in [9.17, 15) is 9.90 Å². The Morgan fingerprint density at radius 1 is 1.44 bits per heavy atom. The highest BCUT2D eigenvalue weighted by Gasteiger charge is 2.36. The van der Waals surface area contributed by atoms with Crippen molar-refractivity contribution in [3.8, 4) is 0 Å². The molecule has 2 atom stereocenters. The fourth-order valence-electron chi connectivity index (χ4n) is 2.91. The van der Waals surface area contributed by atoms with E-state index in [0.717, 1.165) is 36.2 Å². The summed E-state index contributed by atoms with van der Waals surface area (Å²) in [4.78, 5) is 11.3. The van der Waals surface area contributed by atoms with E-state index in [1.54, 1.807) is 0 Å². The number of fused-ring (bicyclic) bond motifs is 1. The molecule has 18 heavy (non-hydrogen) atoms. The lowest BCUT2D eigenvalue weighted by molar-refractivity contribution is -0.115. The third-order valence-corrected chi connectivity index (χ3v) is 4.05. The molecule has 1 aromatic rings. The van der Waals surface area contributed by atoms with Crippen LogP contribution in [0.15, 0.2) is 18.2 Å². The molecule has 2 aliphatic heterocycles. The van der Waals surface area contributed by atoms with Gasteiger partial charge in [0.05, 0.1) is 6.42 Å². The van der Waals surface area contributed by atoms with Crippen molar-refractivity contribution >= 4 is 11.6 Å². The summed E-state index contributed by atoms with van der Waals surface area (Å²) in [7, 11) is 0. The topological polar surface area (TPSA) is 61.4 Å². The molecule has 0 spiro atoms. The molecule has 2 aliphatic rings. The van der Waals surface area contributed by atoms with Gasteiger partial charge in [-0.1, -0.05) is 12.1 Å². The molecular formula is C14H18N2O2. The molecule has 1 fully saturated rings. The summed E-state index contributed by atoms with van der Waals surface area (Å²) < 4.78 is 0. The summed E-state index contributed by atoms with van der Waals surface area (Å²) in [5.41, 5.74) is 1.86. The standard InChI is InChI=1S/C14H18N2O2/c1-14(18,12-3-2-6-15-12)10-4-5-11-9(7-10)8-13(17)16-11/h4-5,7,12,15,18H,2-3,6,8H2,1H3,(H,16,17). The molecule has 0 bridgehead atoms. The quantitative estimate of drug-likeness (QED) is 0.733. The number of aliphatic hydroxyl groups is 1. The maximum atomic E-state index is 11.3. The van der Waals surface area contributed by atoms with Crippen LogP contribution in [0.3, 0.4) is 0 Å². The minimum Gasteiger partial charge on any atom is -0.384 e. The van der Waals surface area contributed by atoms with Crippen LogP contribution in [-0.4, -0.2) is 23.6 Å². The van der Waals surface area contributed by atoms with Crippen LogP contribution in [0.5, 0.6) is 0 Å². The van der Waals surface area contributed by atoms with Gasteiger partial charge in [-0.05, 0) is 43.5 Å². The van der Waals surface area contributed by atoms with Crippen LogP contribution in [-0.2, 0) is 16.8 Å². The van der Waals surface area contributed by atoms with Gasteiger partial charge in [0, 0.05) is 11.7 Å². The number of nitrogens with one attached hydrogen (secondary N) is 2. The van der Waals surface area contributed by atoms with Crippen molar-refractivity contribution in [1.82, 2.24) is 5.32 Å². The number of carbonyl (C=O) groups is 1. The number of rotatable bonds is 2. The molecule has 0 aliphatic carbocycles. The Morgan fingerprint density at radius 2 is 2.28 bits per heavy atom. The minimum absolute atomic E-state index is 0.0285. The van der Waals surface area contributed by atoms with Gasteiger partial charge >= 0.3 is 0 Å². The number of hydrogen-bond donors (Lipinski definition) is 3. The van der Waals surface area contributed by atoms with Crippen molar-refractivity contribution in [2.45, 2.75) is 37.8 Å². The Labute approximate surface area is 106 Å². The molecule has 1 saturated heterocycles. The molecule has 96 valence electrons. The van der Waals surface area contributed by atoms with Crippen LogP contribution >= 0.6 is 0 Å². The average molecular weight is 246 g/mol. The molecule has 0 aromatic heterocycles. The molecule has 4 heteroatoms. The minimum atomic E-state index is -0.878. The second-order valence-electron chi connectivity index (χ2n) is 5.39. The molecule has 3 N–H and O–H groups in total. The van der Waals surface area contributed by atoms with Crippen molar-refractivity contribution in [3.05, 3.63) is 29.3 Å². The van der Waals surface area contributed by atoms with Crippen LogP contribution in [0, 0.1) is 0 Å². The molecular weight excluding hydrogens is 228 g/mol. The molecule has 1 amide bonds. The zero-order valence-electron chi connectivity index (χ0n) is 10.5. The first-order valence-electron chi connectivity index (χ1n) is 6.46. The Kier molecular flexibility index (Phi) is 2.64. The van der Waals surface area contributed by atoms with Crippen LogP contribution in [0.2, 0.25) is 0 Å². The smallest absolute Gasteiger partial charge is 0.228 e. The van der Waals surface area contributed by atoms with E-state index < -0.39 is 5.60 Å². The lowest BCUT2D eigenvalue weighted by Gasteiger charge is -2.31. The van der Waals surface area contributed by atoms with Crippen molar-refractivity contribution in [3.63, 3.8) is 0 Å². The van der Waals surface area contributed by atoms with E-state index in [4.69, 9.17) is 0 Å². The predicted octanol–water partition coefficient (Wildman–Crippen LogP) is 1.14. The summed E-state index contributed by atoms with van der Waals surface area (Å²) >= 11 is 0. The zero-order valence-corrected chi connectivity index (χ0v) is 10.5. The van der Waals surface area contributed by atoms with Crippen LogP contribution in [0.25, 0.3) is 0 Å². The van der Waals surface area contributed by atoms with Gasteiger partial charge < -0.3 is 15.7 Å². The Hall–Kier alpha value is -1.39. The van der Waals surface area contributed by atoms with Gasteiger partial charge in [-0.15, -0.1) is 0 Å². The van der Waals surface area contributed by atoms with Crippen molar-refractivity contribution in [1.29, 1.82) is 0 Å². The first kappa shape index (κ1) is 11.7. The van der Waals surface area contributed by atoms with Crippen molar-refractivity contribution in [2.75, 3.05) is 11.9 Å². The van der Waals surface area contributed by atoms with Crippen LogP contribution in [0.4, 0.5) is 5.69 Å². The monoisotopic (exact) mass is 246 g/mol. The zero-order chi connectivity index (χ0) is 12.8. The average Bonchev–Trinajstić information content (AvgIpc) is 2.95. The number of hydrogen-bond acceptors (Lipinski definition) is 3. The van der Waals surface area contributed by atoms with Gasteiger partial charge in [-0.2, -0.15) is 0 Å². The van der Waals surface area contributed by atoms with E-state index in [2.05, 4.69) is 10.6 Å². The Bertz CT molecular complexity index is 491. The number of benzene rings is 1. The molecule has 4 nitrogen and oxygen atoms in total. The van der Waals surface area contributed by atoms with Gasteiger partial charge in [0.2, 0.25) is 5.91 Å². The van der Waals surface area contributed by atoms with Crippen molar-refractivity contribution in [2.24, 2.45) is 0 Å². The molecule has 2 unspecified atom stereocenters. The maximum absolute atomic E-state index is 11.3. The first-order valence-corrected chi connectivity index (χ1v) is 6.46. The normalized spacial score (nSPS) is 25.7. The highest BCUT2D eigenvalue weighted by atomic mass is 16.3. The summed E-state index contributed by atoms with van der Waals surface area (Å²) in [6, 6.07) is 5.84. The van der Waals surface area contributed by atoms with Crippen LogP contribution in [0.1, 0.15) is 30.9 Å². The lowest BCUT2D eigenvalue weighted by atomic mass is 9.86. The fourth-order valence-corrected chi connectivity index (χ4v) is 2.91. The third kappa shape index (κ3) is 1.82. The highest BCUT2D eigenvalue weighted by Crippen LogP contribution is 2.33. The van der Waals surface area contributed by atoms with E-state index in [-0.39, 0.29) is 11.9 Å². The lowest BCUT2D eigenvalue weighted by Crippen LogP contribution is -2.42. The molecule has 0 radical (unpaired) electrons. The fraction of sp³-hybridized carbons (Fsp3) is 0.500. The van der Waals surface area contributed by atoms with E-state index in [1.807, 2.05) is 25.1 Å². The van der Waals surface area contributed by atoms with Gasteiger partial charge in [0.25, 0.3) is 0 Å². The van der Waals surface area contributed by atoms with E-state index in [0.29, 0.717) is 6.42 Å². The van der Waals surface area contributed by atoms with Gasteiger partial charge in [0.1, 0.15) is 5.60 Å². The van der Waals surface area contributed by atoms with Crippen molar-refractivity contribution < 1.29 is 9.90 Å². The Morgan fingerprint density at radius 3 is 3.00 bits per heavy atom. The summed E-state index contributed by atoms with van der Waals surface area (Å²) in [5, 5.41) is 16.9. The van der Waals surface area contributed by atoms with Gasteiger partial charge in [0.15, 0.2) is 0 Å². The SMILES string of the molecule is CC(O)(c1ccc2c(c1)CC(=O)N2)C1CCCN1. The Balaban J connectivity index is 1.92. The number of amides is 1. The molecule has 0 saturated carbocycles. The first-order chi connectivity index (χ1) is 8.57. The summed E-state index contributed by atoms with van der Waals surface area (Å²) in [5.74, 6) is 0.0285. The highest BCUT2D eigenvalue weighted by molar-refractivity contribution is 5.99. The second-order valence-corrected chi connectivity index (χ2v) is 5.39. The van der Waals surface area contributed by atoms with Crippen LogP contribution < -0.4 is 10.6 Å². The predicted molar refractivity (Wildman–Crippen MR) is 69.4 cm³/mol. The molecule has 3 rings (SSSR count). The third-order valence-electron chi connectivity index (χ3n) is 4.05. The maximum Gasteiger partial charge on any atom is 0.228 e. The van der Waals surface area contributed by atoms with Gasteiger partial charge in [-0.3, -0.25) is 4.79 Å². The molecule has 2 heterocycles. The van der Waals surface area contributed by atoms with Gasteiger partial charge in [-0.25, -0.2) is 0 Å². The largest absolute Gasteiger partial charge is 0.384 e. The number of carbonyl (C=O) groups excluding carboxylic acids is 1. The number of anilines is 1. The van der Waals surface area contributed by atoms with E-state index in [1.165, 1.54) is 0 Å².